The minimum absolute atomic E-state index is 0.0652. The zero-order valence-electron chi connectivity index (χ0n) is 22.3. The topological polar surface area (TPSA) is 97.8 Å². The third-order valence-corrected chi connectivity index (χ3v) is 5.76. The quantitative estimate of drug-likeness (QED) is 0.381. The molecule has 3 rings (SSSR count). The van der Waals surface area contributed by atoms with Gasteiger partial charge < -0.3 is 14.8 Å². The number of esters is 1. The highest BCUT2D eigenvalue weighted by Crippen LogP contribution is 2.36. The molecule has 0 unspecified atom stereocenters. The van der Waals surface area contributed by atoms with Crippen LogP contribution in [-0.4, -0.2) is 48.8 Å². The zero-order valence-corrected chi connectivity index (χ0v) is 22.3. The van der Waals surface area contributed by atoms with Crippen LogP contribution >= 0.6 is 0 Å². The Kier molecular flexibility index (Phi) is 8.68. The molecule has 2 amide bonds. The number of anilines is 1. The van der Waals surface area contributed by atoms with Gasteiger partial charge in [0.15, 0.2) is 0 Å². The van der Waals surface area contributed by atoms with Crippen molar-refractivity contribution in [3.63, 3.8) is 0 Å². The average Bonchev–Trinajstić information content (AvgIpc) is 3.33. The first-order valence-corrected chi connectivity index (χ1v) is 12.2. The number of hydrogen-bond acceptors (Lipinski definition) is 6. The van der Waals surface area contributed by atoms with Crippen molar-refractivity contribution in [3.05, 3.63) is 102 Å². The monoisotopic (exact) mass is 515 g/mol. The number of hydrogen-bond donors (Lipinski definition) is 1. The highest BCUT2D eigenvalue weighted by molar-refractivity contribution is 5.98. The van der Waals surface area contributed by atoms with Gasteiger partial charge in [0, 0.05) is 19.2 Å². The van der Waals surface area contributed by atoms with Crippen molar-refractivity contribution in [2.75, 3.05) is 25.1 Å². The van der Waals surface area contributed by atoms with Gasteiger partial charge in [-0.15, -0.1) is 0 Å². The fourth-order valence-corrected chi connectivity index (χ4v) is 3.98. The van der Waals surface area contributed by atoms with Crippen molar-refractivity contribution in [3.8, 4) is 0 Å². The van der Waals surface area contributed by atoms with Gasteiger partial charge in [0.1, 0.15) is 17.9 Å². The third-order valence-electron chi connectivity index (χ3n) is 5.76. The SMILES string of the molecule is C=C/C=C(\C=C)COC(=O)N1CCc2c(C(=C)c3cc(C(=O)OC(C)(C)C)cc(C(=O)NC)n3)cccc21. The standard InChI is InChI=1S/C30H33N3O5/c1-8-11-20(9-2)18-37-29(36)33-15-14-23-22(12-10-13-26(23)33)19(3)24-16-21(28(35)38-30(4,5)6)17-25(32-24)27(34)31-7/h8-13,16-17H,1-3,14-15,18H2,4-7H3,(H,31,34)/b20-11+. The molecule has 8 nitrogen and oxygen atoms in total. The summed E-state index contributed by atoms with van der Waals surface area (Å²) in [4.78, 5) is 44.2. The summed E-state index contributed by atoms with van der Waals surface area (Å²) in [5.74, 6) is -1.02. The number of benzene rings is 1. The normalized spacial score (nSPS) is 12.8. The Balaban J connectivity index is 1.95. The molecule has 198 valence electrons. The van der Waals surface area contributed by atoms with Gasteiger partial charge >= 0.3 is 12.1 Å². The Morgan fingerprint density at radius 1 is 1.16 bits per heavy atom. The van der Waals surface area contributed by atoms with Crippen LogP contribution in [0.2, 0.25) is 0 Å². The first-order chi connectivity index (χ1) is 18.0. The second-order valence-corrected chi connectivity index (χ2v) is 9.63. The van der Waals surface area contributed by atoms with Gasteiger partial charge in [-0.2, -0.15) is 0 Å². The molecule has 0 spiro atoms. The average molecular weight is 516 g/mol. The zero-order chi connectivity index (χ0) is 28.0. The fourth-order valence-electron chi connectivity index (χ4n) is 3.98. The molecular formula is C30H33N3O5. The van der Waals surface area contributed by atoms with E-state index in [1.54, 1.807) is 50.0 Å². The maximum Gasteiger partial charge on any atom is 0.414 e. The minimum atomic E-state index is -0.711. The molecule has 0 radical (unpaired) electrons. The molecule has 0 saturated heterocycles. The number of nitrogens with zero attached hydrogens (tertiary/aromatic N) is 2. The van der Waals surface area contributed by atoms with Crippen LogP contribution in [0.5, 0.6) is 0 Å². The number of carbonyl (C=O) groups excluding carboxylic acids is 3. The Hall–Kier alpha value is -4.46. The molecule has 1 aliphatic heterocycles. The Bertz CT molecular complexity index is 1330. The maximum absolute atomic E-state index is 12.9. The summed E-state index contributed by atoms with van der Waals surface area (Å²) in [5, 5.41) is 2.54. The van der Waals surface area contributed by atoms with Crippen molar-refractivity contribution in [1.29, 1.82) is 0 Å². The van der Waals surface area contributed by atoms with E-state index in [9.17, 15) is 14.4 Å². The maximum atomic E-state index is 12.9. The Labute approximate surface area is 223 Å². The van der Waals surface area contributed by atoms with Crippen molar-refractivity contribution in [2.45, 2.75) is 32.8 Å². The largest absolute Gasteiger partial charge is 0.456 e. The van der Waals surface area contributed by atoms with E-state index in [2.05, 4.69) is 30.0 Å². The lowest BCUT2D eigenvalue weighted by molar-refractivity contribution is 0.00692. The molecule has 2 aromatic rings. The molecule has 1 N–H and O–H groups in total. The molecule has 38 heavy (non-hydrogen) atoms. The molecule has 1 aromatic heterocycles. The Morgan fingerprint density at radius 3 is 2.50 bits per heavy atom. The van der Waals surface area contributed by atoms with Crippen molar-refractivity contribution < 1.29 is 23.9 Å². The van der Waals surface area contributed by atoms with Gasteiger partial charge in [-0.25, -0.2) is 14.6 Å². The summed E-state index contributed by atoms with van der Waals surface area (Å²) in [5.41, 5.74) is 3.50. The number of aromatic nitrogens is 1. The van der Waals surface area contributed by atoms with Crippen LogP contribution in [0, 0.1) is 0 Å². The van der Waals surface area contributed by atoms with Gasteiger partial charge in [-0.1, -0.05) is 50.1 Å². The molecule has 0 atom stereocenters. The van der Waals surface area contributed by atoms with Crippen LogP contribution < -0.4 is 10.2 Å². The third kappa shape index (κ3) is 6.45. The summed E-state index contributed by atoms with van der Waals surface area (Å²) in [6, 6.07) is 8.49. The lowest BCUT2D eigenvalue weighted by atomic mass is 9.95. The number of rotatable bonds is 8. The van der Waals surface area contributed by atoms with E-state index >= 15 is 0 Å². The van der Waals surface area contributed by atoms with Gasteiger partial charge in [-0.3, -0.25) is 9.69 Å². The van der Waals surface area contributed by atoms with Crippen LogP contribution in [0.4, 0.5) is 10.5 Å². The van der Waals surface area contributed by atoms with E-state index in [0.717, 1.165) is 16.7 Å². The summed E-state index contributed by atoms with van der Waals surface area (Å²) in [6.45, 7) is 17.4. The van der Waals surface area contributed by atoms with E-state index in [1.165, 1.54) is 13.1 Å². The van der Waals surface area contributed by atoms with E-state index < -0.39 is 23.6 Å². The first-order valence-electron chi connectivity index (χ1n) is 12.2. The lowest BCUT2D eigenvalue weighted by Gasteiger charge is -2.20. The number of allylic oxidation sites excluding steroid dienone is 2. The summed E-state index contributed by atoms with van der Waals surface area (Å²) >= 11 is 0. The van der Waals surface area contributed by atoms with Crippen LogP contribution in [0.1, 0.15) is 58.4 Å². The number of fused-ring (bicyclic) bond motifs is 1. The number of pyridine rings is 1. The first kappa shape index (κ1) is 28.1. The molecule has 0 saturated carbocycles. The number of amides is 2. The summed E-state index contributed by atoms with van der Waals surface area (Å²) in [7, 11) is 1.49. The molecule has 0 bridgehead atoms. The van der Waals surface area contributed by atoms with Crippen LogP contribution in [0.15, 0.2) is 73.9 Å². The van der Waals surface area contributed by atoms with Crippen molar-refractivity contribution >= 4 is 29.2 Å². The van der Waals surface area contributed by atoms with Crippen LogP contribution in [0.25, 0.3) is 5.57 Å². The van der Waals surface area contributed by atoms with Crippen molar-refractivity contribution in [1.82, 2.24) is 10.3 Å². The molecule has 1 aliphatic rings. The van der Waals surface area contributed by atoms with Crippen molar-refractivity contribution in [2.24, 2.45) is 0 Å². The summed E-state index contributed by atoms with van der Waals surface area (Å²) < 4.78 is 11.0. The lowest BCUT2D eigenvalue weighted by Crippen LogP contribution is -2.30. The van der Waals surface area contributed by atoms with Gasteiger partial charge in [0.05, 0.1) is 16.9 Å². The minimum Gasteiger partial charge on any atom is -0.456 e. The van der Waals surface area contributed by atoms with Crippen LogP contribution in [0.3, 0.4) is 0 Å². The molecule has 1 aromatic carbocycles. The second-order valence-electron chi connectivity index (χ2n) is 9.63. The molecule has 2 heterocycles. The van der Waals surface area contributed by atoms with E-state index in [4.69, 9.17) is 9.47 Å². The van der Waals surface area contributed by atoms with Gasteiger partial charge in [0.25, 0.3) is 5.91 Å². The highest BCUT2D eigenvalue weighted by Gasteiger charge is 2.29. The Morgan fingerprint density at radius 2 is 1.87 bits per heavy atom. The van der Waals surface area contributed by atoms with Crippen LogP contribution in [-0.2, 0) is 15.9 Å². The van der Waals surface area contributed by atoms with E-state index in [-0.39, 0.29) is 17.9 Å². The number of carbonyl (C=O) groups is 3. The predicted molar refractivity (Wildman–Crippen MR) is 148 cm³/mol. The number of ether oxygens (including phenoxy) is 2. The number of nitrogens with one attached hydrogen (secondary N) is 1. The second kappa shape index (κ2) is 11.7. The van der Waals surface area contributed by atoms with Gasteiger partial charge in [-0.05, 0) is 62.1 Å². The van der Waals surface area contributed by atoms with E-state index in [0.29, 0.717) is 29.9 Å². The van der Waals surface area contributed by atoms with E-state index in [1.807, 2.05) is 18.2 Å². The predicted octanol–water partition coefficient (Wildman–Crippen LogP) is 5.26. The van der Waals surface area contributed by atoms with Gasteiger partial charge in [0.2, 0.25) is 0 Å². The molecule has 8 heteroatoms. The molecule has 0 fully saturated rings. The fraction of sp³-hybridized carbons (Fsp3) is 0.267. The smallest absolute Gasteiger partial charge is 0.414 e. The molecule has 0 aliphatic carbocycles. The highest BCUT2D eigenvalue weighted by atomic mass is 16.6. The molecular weight excluding hydrogens is 482 g/mol. The summed E-state index contributed by atoms with van der Waals surface area (Å²) in [6.07, 6.45) is 5.04.